The number of likely N-dealkylation sites (tertiary alicyclic amines) is 1. The van der Waals surface area contributed by atoms with Gasteiger partial charge < -0.3 is 19.1 Å². The fraction of sp³-hybridized carbons (Fsp3) is 0.941. The van der Waals surface area contributed by atoms with Crippen molar-refractivity contribution >= 4 is 6.09 Å². The van der Waals surface area contributed by atoms with Crippen molar-refractivity contribution in [2.24, 2.45) is 0 Å². The standard InChI is InChI=1S/C17H31NO4/c1-5-10-20-14-11-15(12-14)21-13-6-8-18(9-7-13)16(19)22-17(2,3)4/h13-15H,5-12H2,1-4H3. The van der Waals surface area contributed by atoms with E-state index in [0.717, 1.165) is 51.8 Å². The second-order valence-electron chi connectivity index (χ2n) is 7.39. The van der Waals surface area contributed by atoms with Crippen molar-refractivity contribution in [2.75, 3.05) is 19.7 Å². The van der Waals surface area contributed by atoms with E-state index in [-0.39, 0.29) is 12.2 Å². The van der Waals surface area contributed by atoms with Crippen molar-refractivity contribution in [1.29, 1.82) is 0 Å². The molecule has 0 atom stereocenters. The minimum atomic E-state index is -0.427. The summed E-state index contributed by atoms with van der Waals surface area (Å²) in [6, 6.07) is 0. The first kappa shape index (κ1) is 17.5. The maximum atomic E-state index is 12.0. The maximum Gasteiger partial charge on any atom is 0.410 e. The fourth-order valence-corrected chi connectivity index (χ4v) is 2.82. The van der Waals surface area contributed by atoms with Gasteiger partial charge in [-0.3, -0.25) is 0 Å². The molecule has 0 radical (unpaired) electrons. The fourth-order valence-electron chi connectivity index (χ4n) is 2.82. The van der Waals surface area contributed by atoms with Gasteiger partial charge in [0.25, 0.3) is 0 Å². The van der Waals surface area contributed by atoms with E-state index in [1.807, 2.05) is 20.8 Å². The molecule has 1 aliphatic heterocycles. The summed E-state index contributed by atoms with van der Waals surface area (Å²) >= 11 is 0. The minimum absolute atomic E-state index is 0.206. The molecule has 1 aliphatic carbocycles. The minimum Gasteiger partial charge on any atom is -0.444 e. The van der Waals surface area contributed by atoms with Crippen molar-refractivity contribution in [3.8, 4) is 0 Å². The van der Waals surface area contributed by atoms with Crippen LogP contribution < -0.4 is 0 Å². The van der Waals surface area contributed by atoms with Gasteiger partial charge in [0.1, 0.15) is 5.60 Å². The molecule has 0 aromatic heterocycles. The Bertz CT molecular complexity index is 352. The summed E-state index contributed by atoms with van der Waals surface area (Å²) in [4.78, 5) is 13.8. The van der Waals surface area contributed by atoms with Crippen LogP contribution in [0.4, 0.5) is 4.79 Å². The second kappa shape index (κ2) is 7.64. The average Bonchev–Trinajstić information content (AvgIpc) is 2.40. The van der Waals surface area contributed by atoms with Crippen LogP contribution in [0.3, 0.4) is 0 Å². The third kappa shape index (κ3) is 5.43. The van der Waals surface area contributed by atoms with Crippen LogP contribution in [-0.2, 0) is 14.2 Å². The van der Waals surface area contributed by atoms with Gasteiger partial charge in [0.15, 0.2) is 0 Å². The molecule has 0 spiro atoms. The van der Waals surface area contributed by atoms with Gasteiger partial charge >= 0.3 is 6.09 Å². The highest BCUT2D eigenvalue weighted by Gasteiger charge is 2.34. The van der Waals surface area contributed by atoms with Crippen molar-refractivity contribution in [3.05, 3.63) is 0 Å². The molecular formula is C17H31NO4. The molecule has 1 amide bonds. The largest absolute Gasteiger partial charge is 0.444 e. The van der Waals surface area contributed by atoms with Gasteiger partial charge in [-0.15, -0.1) is 0 Å². The summed E-state index contributed by atoms with van der Waals surface area (Å²) in [7, 11) is 0. The lowest BCUT2D eigenvalue weighted by Crippen LogP contribution is -2.46. The van der Waals surface area contributed by atoms with Gasteiger partial charge in [-0.1, -0.05) is 6.92 Å². The number of ether oxygens (including phenoxy) is 3. The number of hydrogen-bond donors (Lipinski definition) is 0. The summed E-state index contributed by atoms with van der Waals surface area (Å²) in [6.07, 6.45) is 5.72. The molecule has 1 saturated heterocycles. The normalized spacial score (nSPS) is 26.6. The highest BCUT2D eigenvalue weighted by Crippen LogP contribution is 2.29. The van der Waals surface area contributed by atoms with Crippen LogP contribution in [0.1, 0.15) is 59.8 Å². The smallest absolute Gasteiger partial charge is 0.410 e. The monoisotopic (exact) mass is 313 g/mol. The Hall–Kier alpha value is -0.810. The van der Waals surface area contributed by atoms with Gasteiger partial charge in [-0.25, -0.2) is 4.79 Å². The lowest BCUT2D eigenvalue weighted by Gasteiger charge is -2.40. The molecule has 5 nitrogen and oxygen atoms in total. The number of piperidine rings is 1. The van der Waals surface area contributed by atoms with E-state index in [1.165, 1.54) is 0 Å². The average molecular weight is 313 g/mol. The van der Waals surface area contributed by atoms with Gasteiger partial charge in [-0.2, -0.15) is 0 Å². The van der Waals surface area contributed by atoms with Crippen molar-refractivity contribution in [2.45, 2.75) is 83.7 Å². The molecular weight excluding hydrogens is 282 g/mol. The molecule has 5 heteroatoms. The topological polar surface area (TPSA) is 48.0 Å². The highest BCUT2D eigenvalue weighted by molar-refractivity contribution is 5.68. The maximum absolute atomic E-state index is 12.0. The Labute approximate surface area is 134 Å². The van der Waals surface area contributed by atoms with E-state index in [1.54, 1.807) is 4.90 Å². The lowest BCUT2D eigenvalue weighted by atomic mass is 9.91. The van der Waals surface area contributed by atoms with E-state index in [4.69, 9.17) is 14.2 Å². The Morgan fingerprint density at radius 1 is 1.09 bits per heavy atom. The van der Waals surface area contributed by atoms with Crippen LogP contribution in [0.15, 0.2) is 0 Å². The van der Waals surface area contributed by atoms with Gasteiger partial charge in [-0.05, 0) is 52.9 Å². The highest BCUT2D eigenvalue weighted by atomic mass is 16.6. The molecule has 2 aliphatic rings. The van der Waals surface area contributed by atoms with Crippen molar-refractivity contribution in [1.82, 2.24) is 4.90 Å². The first-order chi connectivity index (χ1) is 10.4. The van der Waals surface area contributed by atoms with E-state index in [9.17, 15) is 4.79 Å². The Morgan fingerprint density at radius 3 is 2.27 bits per heavy atom. The SMILES string of the molecule is CCCOC1CC(OC2CCN(C(=O)OC(C)(C)C)CC2)C1. The molecule has 0 aromatic carbocycles. The third-order valence-electron chi connectivity index (χ3n) is 4.09. The number of hydrogen-bond acceptors (Lipinski definition) is 4. The molecule has 22 heavy (non-hydrogen) atoms. The molecule has 0 bridgehead atoms. The van der Waals surface area contributed by atoms with Gasteiger partial charge in [0.2, 0.25) is 0 Å². The number of amides is 1. The van der Waals surface area contributed by atoms with E-state index < -0.39 is 5.60 Å². The van der Waals surface area contributed by atoms with E-state index in [2.05, 4.69) is 6.92 Å². The zero-order chi connectivity index (χ0) is 16.2. The molecule has 1 saturated carbocycles. The predicted molar refractivity (Wildman–Crippen MR) is 85.0 cm³/mol. The first-order valence-corrected chi connectivity index (χ1v) is 8.62. The summed E-state index contributed by atoms with van der Waals surface area (Å²) in [6.45, 7) is 10.1. The predicted octanol–water partition coefficient (Wildman–Crippen LogP) is 3.36. The summed E-state index contributed by atoms with van der Waals surface area (Å²) in [5.74, 6) is 0. The molecule has 1 heterocycles. The summed E-state index contributed by atoms with van der Waals surface area (Å²) < 4.78 is 17.2. The quantitative estimate of drug-likeness (QED) is 0.781. The van der Waals surface area contributed by atoms with Crippen molar-refractivity contribution in [3.63, 3.8) is 0 Å². The van der Waals surface area contributed by atoms with E-state index >= 15 is 0 Å². The molecule has 0 aromatic rings. The number of carbonyl (C=O) groups is 1. The molecule has 0 N–H and O–H groups in total. The summed E-state index contributed by atoms with van der Waals surface area (Å²) in [5.41, 5.74) is -0.427. The second-order valence-corrected chi connectivity index (χ2v) is 7.39. The first-order valence-electron chi connectivity index (χ1n) is 8.62. The van der Waals surface area contributed by atoms with Gasteiger partial charge in [0, 0.05) is 19.7 Å². The number of nitrogens with zero attached hydrogens (tertiary/aromatic N) is 1. The Morgan fingerprint density at radius 2 is 1.73 bits per heavy atom. The van der Waals surface area contributed by atoms with Crippen LogP contribution in [0.25, 0.3) is 0 Å². The molecule has 0 unspecified atom stereocenters. The molecule has 2 fully saturated rings. The zero-order valence-corrected chi connectivity index (χ0v) is 14.5. The lowest BCUT2D eigenvalue weighted by molar-refractivity contribution is -0.134. The van der Waals surface area contributed by atoms with Gasteiger partial charge in [0.05, 0.1) is 18.3 Å². The number of carbonyl (C=O) groups excluding carboxylic acids is 1. The van der Waals surface area contributed by atoms with E-state index in [0.29, 0.717) is 12.2 Å². The zero-order valence-electron chi connectivity index (χ0n) is 14.5. The van der Waals surface area contributed by atoms with Crippen LogP contribution in [-0.4, -0.2) is 54.6 Å². The molecule has 128 valence electrons. The van der Waals surface area contributed by atoms with Crippen LogP contribution >= 0.6 is 0 Å². The summed E-state index contributed by atoms with van der Waals surface area (Å²) in [5, 5.41) is 0. The Balaban J connectivity index is 1.61. The van der Waals surface area contributed by atoms with Crippen LogP contribution in [0, 0.1) is 0 Å². The third-order valence-corrected chi connectivity index (χ3v) is 4.09. The number of rotatable bonds is 5. The Kier molecular flexibility index (Phi) is 6.09. The molecule has 2 rings (SSSR count). The van der Waals surface area contributed by atoms with Crippen LogP contribution in [0.2, 0.25) is 0 Å². The van der Waals surface area contributed by atoms with Crippen LogP contribution in [0.5, 0.6) is 0 Å². The van der Waals surface area contributed by atoms with Crippen molar-refractivity contribution < 1.29 is 19.0 Å².